The third-order valence-corrected chi connectivity index (χ3v) is 4.55. The maximum atomic E-state index is 13.6. The topological polar surface area (TPSA) is 26.3 Å². The molecule has 0 aromatic heterocycles. The highest BCUT2D eigenvalue weighted by Crippen LogP contribution is 2.58. The van der Waals surface area contributed by atoms with Crippen molar-refractivity contribution < 1.29 is 27.1 Å². The lowest BCUT2D eigenvalue weighted by Crippen LogP contribution is -2.14. The molecule has 21 heavy (non-hydrogen) atoms. The Labute approximate surface area is 120 Å². The van der Waals surface area contributed by atoms with Crippen molar-refractivity contribution in [1.82, 2.24) is 0 Å². The number of halogens is 4. The van der Waals surface area contributed by atoms with Crippen LogP contribution in [0.1, 0.15) is 31.9 Å². The third kappa shape index (κ3) is 2.40. The van der Waals surface area contributed by atoms with E-state index < -0.39 is 47.0 Å². The Balaban J connectivity index is 2.17. The Morgan fingerprint density at radius 1 is 1.10 bits per heavy atom. The summed E-state index contributed by atoms with van der Waals surface area (Å²) in [6.45, 7) is 5.70. The third-order valence-electron chi connectivity index (χ3n) is 4.55. The molecule has 0 bridgehead atoms. The number of benzene rings is 1. The number of esters is 1. The van der Waals surface area contributed by atoms with Crippen molar-refractivity contribution in [1.29, 1.82) is 0 Å². The highest BCUT2D eigenvalue weighted by molar-refractivity contribution is 5.77. The average molecular weight is 304 g/mol. The minimum atomic E-state index is -1.53. The van der Waals surface area contributed by atoms with E-state index in [1.54, 1.807) is 0 Å². The van der Waals surface area contributed by atoms with Gasteiger partial charge in [-0.25, -0.2) is 17.6 Å². The minimum absolute atomic E-state index is 0.0891. The number of carbonyl (C=O) groups is 1. The van der Waals surface area contributed by atoms with Gasteiger partial charge in [0.1, 0.15) is 6.61 Å². The van der Waals surface area contributed by atoms with Crippen LogP contribution >= 0.6 is 0 Å². The van der Waals surface area contributed by atoms with Crippen LogP contribution in [0.25, 0.3) is 0 Å². The van der Waals surface area contributed by atoms with Gasteiger partial charge in [0.15, 0.2) is 23.3 Å². The first-order valence-electron chi connectivity index (χ1n) is 6.58. The summed E-state index contributed by atoms with van der Waals surface area (Å²) in [6, 6.07) is 0. The fourth-order valence-corrected chi connectivity index (χ4v) is 2.55. The summed E-state index contributed by atoms with van der Waals surface area (Å²) in [5.41, 5.74) is -1.88. The molecule has 1 aromatic rings. The van der Waals surface area contributed by atoms with E-state index in [9.17, 15) is 22.4 Å². The van der Waals surface area contributed by atoms with E-state index >= 15 is 0 Å². The summed E-state index contributed by atoms with van der Waals surface area (Å²) in [7, 11) is 0. The van der Waals surface area contributed by atoms with E-state index in [0.29, 0.717) is 0 Å². The Morgan fingerprint density at radius 3 is 1.90 bits per heavy atom. The molecule has 0 aliphatic heterocycles. The summed E-state index contributed by atoms with van der Waals surface area (Å²) in [5, 5.41) is 0. The van der Waals surface area contributed by atoms with Crippen molar-refractivity contribution in [3.63, 3.8) is 0 Å². The molecular weight excluding hydrogens is 288 g/mol. The van der Waals surface area contributed by atoms with Gasteiger partial charge in [0, 0.05) is 5.56 Å². The molecule has 0 amide bonds. The molecule has 1 aliphatic carbocycles. The lowest BCUT2D eigenvalue weighted by Gasteiger charge is -2.10. The monoisotopic (exact) mass is 304 g/mol. The number of ether oxygens (including phenoxy) is 1. The molecule has 1 aliphatic rings. The van der Waals surface area contributed by atoms with Crippen LogP contribution in [0.2, 0.25) is 0 Å². The molecule has 1 unspecified atom stereocenters. The Hall–Kier alpha value is -1.59. The molecule has 0 heterocycles. The van der Waals surface area contributed by atoms with Gasteiger partial charge in [-0.15, -0.1) is 0 Å². The molecule has 1 fully saturated rings. The van der Waals surface area contributed by atoms with Crippen LogP contribution in [-0.2, 0) is 16.1 Å². The van der Waals surface area contributed by atoms with Gasteiger partial charge in [-0.3, -0.25) is 4.79 Å². The second kappa shape index (κ2) is 5.00. The molecule has 0 saturated heterocycles. The van der Waals surface area contributed by atoms with Gasteiger partial charge in [0.25, 0.3) is 0 Å². The standard InChI is InChI=1S/C15H16F4O2/c1-6-10(16)12(18)8(13(19)11(6)17)5-21-14(20)9-7(2)15(9,3)4/h7,9H,5H2,1-4H3/t7?,9-/m0/s1. The maximum absolute atomic E-state index is 13.6. The largest absolute Gasteiger partial charge is 0.460 e. The summed E-state index contributed by atoms with van der Waals surface area (Å²) >= 11 is 0. The van der Waals surface area contributed by atoms with E-state index in [4.69, 9.17) is 4.74 Å². The second-order valence-electron chi connectivity index (χ2n) is 6.05. The molecule has 116 valence electrons. The molecule has 2 nitrogen and oxygen atoms in total. The molecule has 0 radical (unpaired) electrons. The zero-order valence-corrected chi connectivity index (χ0v) is 12.2. The molecule has 0 spiro atoms. The van der Waals surface area contributed by atoms with Gasteiger partial charge in [-0.2, -0.15) is 0 Å². The predicted octanol–water partition coefficient (Wildman–Crippen LogP) is 3.89. The molecule has 0 N–H and O–H groups in total. The number of carbonyl (C=O) groups excluding carboxylic acids is 1. The molecule has 1 saturated carbocycles. The van der Waals surface area contributed by atoms with E-state index in [1.165, 1.54) is 0 Å². The highest BCUT2D eigenvalue weighted by atomic mass is 19.2. The van der Waals surface area contributed by atoms with Crippen LogP contribution in [0.4, 0.5) is 17.6 Å². The van der Waals surface area contributed by atoms with Crippen LogP contribution in [0, 0.1) is 47.4 Å². The number of hydrogen-bond acceptors (Lipinski definition) is 2. The van der Waals surface area contributed by atoms with E-state index in [2.05, 4.69) is 0 Å². The van der Waals surface area contributed by atoms with Gasteiger partial charge in [0.05, 0.1) is 11.5 Å². The minimum Gasteiger partial charge on any atom is -0.460 e. The predicted molar refractivity (Wildman–Crippen MR) is 67.2 cm³/mol. The first-order chi connectivity index (χ1) is 9.60. The number of rotatable bonds is 3. The Bertz CT molecular complexity index is 581. The Morgan fingerprint density at radius 2 is 1.52 bits per heavy atom. The van der Waals surface area contributed by atoms with Crippen LogP contribution in [0.15, 0.2) is 0 Å². The van der Waals surface area contributed by atoms with Gasteiger partial charge in [-0.1, -0.05) is 20.8 Å². The number of hydrogen-bond donors (Lipinski definition) is 0. The first kappa shape index (κ1) is 15.8. The summed E-state index contributed by atoms with van der Waals surface area (Å²) in [4.78, 5) is 11.8. The highest BCUT2D eigenvalue weighted by Gasteiger charge is 2.59. The lowest BCUT2D eigenvalue weighted by atomic mass is 10.1. The maximum Gasteiger partial charge on any atom is 0.310 e. The normalized spacial score (nSPS) is 23.0. The van der Waals surface area contributed by atoms with Crippen LogP contribution in [0.5, 0.6) is 0 Å². The summed E-state index contributed by atoms with van der Waals surface area (Å²) < 4.78 is 58.9. The Kier molecular flexibility index (Phi) is 3.76. The first-order valence-corrected chi connectivity index (χ1v) is 6.58. The van der Waals surface area contributed by atoms with Crippen LogP contribution < -0.4 is 0 Å². The van der Waals surface area contributed by atoms with Crippen molar-refractivity contribution in [2.45, 2.75) is 34.3 Å². The smallest absolute Gasteiger partial charge is 0.310 e. The molecule has 1 aromatic carbocycles. The van der Waals surface area contributed by atoms with E-state index in [1.807, 2.05) is 20.8 Å². The van der Waals surface area contributed by atoms with Crippen LogP contribution in [0.3, 0.4) is 0 Å². The summed E-state index contributed by atoms with van der Waals surface area (Å²) in [5.74, 6) is -6.90. The molecule has 2 atom stereocenters. The lowest BCUT2D eigenvalue weighted by molar-refractivity contribution is -0.147. The molecular formula is C15H16F4O2. The van der Waals surface area contributed by atoms with Gasteiger partial charge >= 0.3 is 5.97 Å². The second-order valence-corrected chi connectivity index (χ2v) is 6.05. The van der Waals surface area contributed by atoms with Crippen molar-refractivity contribution in [3.05, 3.63) is 34.4 Å². The zero-order valence-electron chi connectivity index (χ0n) is 12.2. The molecule has 6 heteroatoms. The van der Waals surface area contributed by atoms with Gasteiger partial charge < -0.3 is 4.74 Å². The fourth-order valence-electron chi connectivity index (χ4n) is 2.55. The van der Waals surface area contributed by atoms with Crippen molar-refractivity contribution in [2.24, 2.45) is 17.3 Å². The summed E-state index contributed by atoms with van der Waals surface area (Å²) in [6.07, 6.45) is 0. The van der Waals surface area contributed by atoms with E-state index in [0.717, 1.165) is 6.92 Å². The fraction of sp³-hybridized carbons (Fsp3) is 0.533. The van der Waals surface area contributed by atoms with Crippen molar-refractivity contribution >= 4 is 5.97 Å². The van der Waals surface area contributed by atoms with Gasteiger partial charge in [0.2, 0.25) is 0 Å². The average Bonchev–Trinajstić information content (AvgIpc) is 2.92. The van der Waals surface area contributed by atoms with Crippen LogP contribution in [-0.4, -0.2) is 5.97 Å². The quantitative estimate of drug-likeness (QED) is 0.481. The SMILES string of the molecule is Cc1c(F)c(F)c(COC(=O)[C@@H]2C(C)C2(C)C)c(F)c1F. The molecule has 2 rings (SSSR count). The van der Waals surface area contributed by atoms with Gasteiger partial charge in [-0.05, 0) is 18.3 Å². The van der Waals surface area contributed by atoms with Crippen molar-refractivity contribution in [2.75, 3.05) is 0 Å². The van der Waals surface area contributed by atoms with Crippen molar-refractivity contribution in [3.8, 4) is 0 Å². The van der Waals surface area contributed by atoms with E-state index in [-0.39, 0.29) is 17.3 Å². The zero-order chi connectivity index (χ0) is 16.1.